The molecule has 15 heavy (non-hydrogen) atoms. The minimum absolute atomic E-state index is 0.0687. The first kappa shape index (κ1) is 9.09. The van der Waals surface area contributed by atoms with E-state index in [0.717, 1.165) is 5.56 Å². The van der Waals surface area contributed by atoms with Crippen molar-refractivity contribution < 1.29 is 14.6 Å². The van der Waals surface area contributed by atoms with E-state index in [1.165, 1.54) is 0 Å². The van der Waals surface area contributed by atoms with Crippen LogP contribution in [0.15, 0.2) is 42.5 Å². The molecule has 0 amide bonds. The van der Waals surface area contributed by atoms with Crippen molar-refractivity contribution in [3.05, 3.63) is 48.0 Å². The van der Waals surface area contributed by atoms with Gasteiger partial charge in [0.15, 0.2) is 6.29 Å². The van der Waals surface area contributed by atoms with E-state index in [0.29, 0.717) is 0 Å². The van der Waals surface area contributed by atoms with Crippen LogP contribution in [0.4, 0.5) is 0 Å². The lowest BCUT2D eigenvalue weighted by Gasteiger charge is -2.17. The Hall–Kier alpha value is -1.16. The van der Waals surface area contributed by atoms with Crippen molar-refractivity contribution in [1.82, 2.24) is 0 Å². The van der Waals surface area contributed by atoms with E-state index in [1.807, 2.05) is 36.4 Å². The summed E-state index contributed by atoms with van der Waals surface area (Å²) >= 11 is 0. The van der Waals surface area contributed by atoms with Gasteiger partial charge in [0.2, 0.25) is 0 Å². The zero-order valence-corrected chi connectivity index (χ0v) is 8.11. The molecule has 1 saturated heterocycles. The molecule has 0 radical (unpaired) electrons. The Kier molecular flexibility index (Phi) is 2.09. The van der Waals surface area contributed by atoms with E-state index in [1.54, 1.807) is 6.08 Å². The Morgan fingerprint density at radius 3 is 2.53 bits per heavy atom. The highest BCUT2D eigenvalue weighted by atomic mass is 16.7. The summed E-state index contributed by atoms with van der Waals surface area (Å²) in [6.07, 6.45) is 2.29. The molecule has 2 aliphatic rings. The fourth-order valence-corrected chi connectivity index (χ4v) is 2.01. The highest BCUT2D eigenvalue weighted by molar-refractivity contribution is 5.23. The number of hydrogen-bond acceptors (Lipinski definition) is 3. The molecule has 2 heterocycles. The molecule has 1 fully saturated rings. The summed E-state index contributed by atoms with van der Waals surface area (Å²) in [7, 11) is 0. The van der Waals surface area contributed by atoms with Crippen LogP contribution < -0.4 is 0 Å². The van der Waals surface area contributed by atoms with Crippen molar-refractivity contribution in [3.8, 4) is 0 Å². The maximum absolute atomic E-state index is 9.52. The highest BCUT2D eigenvalue weighted by Gasteiger charge is 2.41. The monoisotopic (exact) mass is 204 g/mol. The molecule has 3 rings (SSSR count). The van der Waals surface area contributed by atoms with Gasteiger partial charge in [0, 0.05) is 0 Å². The Balaban J connectivity index is 1.89. The summed E-state index contributed by atoms with van der Waals surface area (Å²) in [6, 6.07) is 9.93. The lowest BCUT2D eigenvalue weighted by Crippen LogP contribution is -2.28. The lowest BCUT2D eigenvalue weighted by atomic mass is 10.0. The maximum Gasteiger partial charge on any atom is 0.188 e. The number of hydrogen-bond donors (Lipinski definition) is 1. The second kappa shape index (κ2) is 3.45. The lowest BCUT2D eigenvalue weighted by molar-refractivity contribution is -0.123. The van der Waals surface area contributed by atoms with E-state index in [9.17, 15) is 5.11 Å². The minimum Gasteiger partial charge on any atom is -0.384 e. The molecule has 1 aromatic carbocycles. The number of aliphatic hydroxyl groups is 1. The van der Waals surface area contributed by atoms with E-state index in [2.05, 4.69) is 0 Å². The van der Waals surface area contributed by atoms with Gasteiger partial charge in [-0.15, -0.1) is 0 Å². The Labute approximate surface area is 87.9 Å². The third kappa shape index (κ3) is 1.49. The van der Waals surface area contributed by atoms with Gasteiger partial charge in [-0.2, -0.15) is 0 Å². The molecule has 2 bridgehead atoms. The van der Waals surface area contributed by atoms with Crippen molar-refractivity contribution in [3.63, 3.8) is 0 Å². The van der Waals surface area contributed by atoms with Gasteiger partial charge in [-0.05, 0) is 5.56 Å². The van der Waals surface area contributed by atoms with Gasteiger partial charge in [0.25, 0.3) is 0 Å². The topological polar surface area (TPSA) is 38.7 Å². The largest absolute Gasteiger partial charge is 0.384 e. The first-order chi connectivity index (χ1) is 7.34. The standard InChI is InChI=1S/C12H12O3/c13-9-6-7-10-11(15-12(9)14-10)8-4-2-1-3-5-8/h1-7,9-13H. The van der Waals surface area contributed by atoms with Gasteiger partial charge in [0.05, 0.1) is 0 Å². The van der Waals surface area contributed by atoms with E-state index in [-0.39, 0.29) is 12.2 Å². The summed E-state index contributed by atoms with van der Waals surface area (Å²) in [5.74, 6) is 0. The minimum atomic E-state index is -0.644. The summed E-state index contributed by atoms with van der Waals surface area (Å²) in [4.78, 5) is 0. The average molecular weight is 204 g/mol. The molecular weight excluding hydrogens is 192 g/mol. The number of aliphatic hydroxyl groups excluding tert-OH is 1. The zero-order valence-electron chi connectivity index (χ0n) is 8.11. The van der Waals surface area contributed by atoms with Gasteiger partial charge < -0.3 is 14.6 Å². The highest BCUT2D eigenvalue weighted by Crippen LogP contribution is 2.37. The number of fused-ring (bicyclic) bond motifs is 2. The molecular formula is C12H12O3. The van der Waals surface area contributed by atoms with Crippen molar-refractivity contribution in [2.75, 3.05) is 0 Å². The third-order valence-corrected chi connectivity index (χ3v) is 2.78. The number of rotatable bonds is 1. The molecule has 2 aliphatic heterocycles. The van der Waals surface area contributed by atoms with Gasteiger partial charge in [-0.25, -0.2) is 0 Å². The smallest absolute Gasteiger partial charge is 0.188 e. The van der Waals surface area contributed by atoms with Crippen molar-refractivity contribution in [2.24, 2.45) is 0 Å². The molecule has 3 nitrogen and oxygen atoms in total. The van der Waals surface area contributed by atoms with Crippen LogP contribution in [0.5, 0.6) is 0 Å². The predicted octanol–water partition coefficient (Wildman–Crippen LogP) is 1.40. The molecule has 3 heteroatoms. The van der Waals surface area contributed by atoms with Crippen LogP contribution in [0.3, 0.4) is 0 Å². The predicted molar refractivity (Wildman–Crippen MR) is 54.1 cm³/mol. The first-order valence-corrected chi connectivity index (χ1v) is 5.07. The molecule has 4 atom stereocenters. The number of ether oxygens (including phenoxy) is 2. The quantitative estimate of drug-likeness (QED) is 0.703. The van der Waals surface area contributed by atoms with Gasteiger partial charge in [-0.1, -0.05) is 42.5 Å². The molecule has 0 aliphatic carbocycles. The summed E-state index contributed by atoms with van der Waals surface area (Å²) < 4.78 is 11.2. The van der Waals surface area contributed by atoms with Gasteiger partial charge in [-0.3, -0.25) is 0 Å². The SMILES string of the molecule is OC1C=CC2OC1OC2c1ccccc1. The van der Waals surface area contributed by atoms with Gasteiger partial charge >= 0.3 is 0 Å². The Morgan fingerprint density at radius 1 is 1.00 bits per heavy atom. The third-order valence-electron chi connectivity index (χ3n) is 2.78. The van der Waals surface area contributed by atoms with E-state index >= 15 is 0 Å². The molecule has 0 spiro atoms. The second-order valence-corrected chi connectivity index (χ2v) is 3.81. The first-order valence-electron chi connectivity index (χ1n) is 5.07. The van der Waals surface area contributed by atoms with Crippen molar-refractivity contribution in [1.29, 1.82) is 0 Å². The van der Waals surface area contributed by atoms with Crippen LogP contribution in [0.1, 0.15) is 11.7 Å². The van der Waals surface area contributed by atoms with Crippen LogP contribution in [0.25, 0.3) is 0 Å². The van der Waals surface area contributed by atoms with Gasteiger partial charge in [0.1, 0.15) is 18.3 Å². The number of benzene rings is 1. The second-order valence-electron chi connectivity index (χ2n) is 3.81. The van der Waals surface area contributed by atoms with Crippen LogP contribution >= 0.6 is 0 Å². The summed E-state index contributed by atoms with van der Waals surface area (Å²) in [6.45, 7) is 0. The Bertz CT molecular complexity index is 374. The summed E-state index contributed by atoms with van der Waals surface area (Å²) in [5, 5.41) is 9.52. The van der Waals surface area contributed by atoms with Crippen LogP contribution in [-0.4, -0.2) is 23.6 Å². The fourth-order valence-electron chi connectivity index (χ4n) is 2.01. The van der Waals surface area contributed by atoms with E-state index < -0.39 is 12.4 Å². The molecule has 1 aromatic rings. The van der Waals surface area contributed by atoms with Crippen LogP contribution in [0, 0.1) is 0 Å². The fraction of sp³-hybridized carbons (Fsp3) is 0.333. The van der Waals surface area contributed by atoms with Crippen LogP contribution in [0.2, 0.25) is 0 Å². The van der Waals surface area contributed by atoms with Crippen molar-refractivity contribution in [2.45, 2.75) is 24.6 Å². The summed E-state index contributed by atoms with van der Waals surface area (Å²) in [5.41, 5.74) is 1.09. The molecule has 1 N–H and O–H groups in total. The molecule has 0 saturated carbocycles. The normalized spacial score (nSPS) is 38.2. The van der Waals surface area contributed by atoms with Crippen LogP contribution in [-0.2, 0) is 9.47 Å². The Morgan fingerprint density at radius 2 is 1.80 bits per heavy atom. The average Bonchev–Trinajstić information content (AvgIpc) is 2.65. The molecule has 78 valence electrons. The van der Waals surface area contributed by atoms with E-state index in [4.69, 9.17) is 9.47 Å². The molecule has 4 unspecified atom stereocenters. The van der Waals surface area contributed by atoms with Crippen molar-refractivity contribution >= 4 is 0 Å². The maximum atomic E-state index is 9.52. The zero-order chi connectivity index (χ0) is 10.3. The molecule has 0 aromatic heterocycles.